The average molecular weight is 474 g/mol. The number of hydrogen-bond acceptors (Lipinski definition) is 5. The third kappa shape index (κ3) is 4.73. The fourth-order valence-corrected chi connectivity index (χ4v) is 4.15. The van der Waals surface area contributed by atoms with Gasteiger partial charge in [0.05, 0.1) is 24.9 Å². The first-order valence-electron chi connectivity index (χ1n) is 10.1. The summed E-state index contributed by atoms with van der Waals surface area (Å²) in [5.41, 5.74) is 2.10. The highest BCUT2D eigenvalue weighted by Crippen LogP contribution is 2.34. The van der Waals surface area contributed by atoms with Gasteiger partial charge in [-0.3, -0.25) is 0 Å². The molecule has 158 valence electrons. The summed E-state index contributed by atoms with van der Waals surface area (Å²) in [6.45, 7) is 2.87. The van der Waals surface area contributed by atoms with Crippen LogP contribution in [0, 0.1) is 11.7 Å². The van der Waals surface area contributed by atoms with Crippen LogP contribution in [0.2, 0.25) is 0 Å². The van der Waals surface area contributed by atoms with Gasteiger partial charge in [0, 0.05) is 22.3 Å². The third-order valence-electron chi connectivity index (χ3n) is 5.69. The van der Waals surface area contributed by atoms with Crippen molar-refractivity contribution in [2.24, 2.45) is 5.92 Å². The highest BCUT2D eigenvalue weighted by molar-refractivity contribution is 9.10. The molecule has 1 aliphatic heterocycles. The van der Waals surface area contributed by atoms with E-state index >= 15 is 0 Å². The van der Waals surface area contributed by atoms with Crippen molar-refractivity contribution < 1.29 is 13.9 Å². The van der Waals surface area contributed by atoms with Crippen molar-refractivity contribution in [2.45, 2.75) is 19.3 Å². The fraction of sp³-hybridized carbons (Fsp3) is 0.391. The Morgan fingerprint density at radius 3 is 2.67 bits per heavy atom. The Morgan fingerprint density at radius 1 is 1.13 bits per heavy atom. The predicted octanol–water partition coefficient (Wildman–Crippen LogP) is 4.85. The maximum atomic E-state index is 14.3. The molecule has 1 saturated heterocycles. The van der Waals surface area contributed by atoms with Gasteiger partial charge in [0.15, 0.2) is 11.5 Å². The lowest BCUT2D eigenvalue weighted by atomic mass is 9.98. The van der Waals surface area contributed by atoms with Gasteiger partial charge in [0.1, 0.15) is 12.1 Å². The molecule has 0 unspecified atom stereocenters. The number of nitrogens with zero attached hydrogens (tertiary/aromatic N) is 3. The van der Waals surface area contributed by atoms with Crippen LogP contribution >= 0.6 is 15.9 Å². The number of benzene rings is 2. The minimum Gasteiger partial charge on any atom is -0.493 e. The van der Waals surface area contributed by atoms with Crippen LogP contribution in [-0.4, -0.2) is 48.7 Å². The molecular weight excluding hydrogens is 449 g/mol. The van der Waals surface area contributed by atoms with Crippen LogP contribution in [0.4, 0.5) is 4.39 Å². The Balaban J connectivity index is 1.58. The molecule has 0 N–H and O–H groups in total. The molecule has 4 rings (SSSR count). The summed E-state index contributed by atoms with van der Waals surface area (Å²) in [7, 11) is 3.78. The van der Waals surface area contributed by atoms with Crippen LogP contribution in [0.25, 0.3) is 10.9 Å². The molecule has 2 aromatic carbocycles. The molecule has 2 heterocycles. The Hall–Kier alpha value is -2.25. The van der Waals surface area contributed by atoms with E-state index in [9.17, 15) is 4.39 Å². The van der Waals surface area contributed by atoms with Crippen LogP contribution < -0.4 is 9.47 Å². The molecule has 0 aliphatic carbocycles. The smallest absolute Gasteiger partial charge is 0.163 e. The molecular formula is C23H25BrFN3O2. The van der Waals surface area contributed by atoms with Crippen molar-refractivity contribution in [3.8, 4) is 11.5 Å². The largest absolute Gasteiger partial charge is 0.493 e. The molecule has 30 heavy (non-hydrogen) atoms. The van der Waals surface area contributed by atoms with Gasteiger partial charge < -0.3 is 14.4 Å². The number of methoxy groups -OCH3 is 1. The van der Waals surface area contributed by atoms with Crippen LogP contribution in [0.3, 0.4) is 0 Å². The summed E-state index contributed by atoms with van der Waals surface area (Å²) >= 11 is 3.30. The molecule has 0 atom stereocenters. The third-order valence-corrected chi connectivity index (χ3v) is 6.18. The zero-order valence-corrected chi connectivity index (χ0v) is 18.8. The molecule has 1 aromatic heterocycles. The van der Waals surface area contributed by atoms with Crippen LogP contribution in [0.5, 0.6) is 11.5 Å². The Labute approximate surface area is 184 Å². The van der Waals surface area contributed by atoms with E-state index in [1.54, 1.807) is 13.2 Å². The number of likely N-dealkylation sites (tertiary alicyclic amines) is 1. The van der Waals surface area contributed by atoms with E-state index in [2.05, 4.69) is 37.8 Å². The van der Waals surface area contributed by atoms with E-state index in [0.717, 1.165) is 42.5 Å². The van der Waals surface area contributed by atoms with Gasteiger partial charge in [-0.05, 0) is 62.7 Å². The molecule has 1 fully saturated rings. The summed E-state index contributed by atoms with van der Waals surface area (Å²) < 4.78 is 26.8. The molecule has 0 amide bonds. The number of aromatic nitrogens is 2. The molecule has 3 aromatic rings. The number of piperidine rings is 1. The first-order valence-corrected chi connectivity index (χ1v) is 10.9. The minimum atomic E-state index is -0.263. The minimum absolute atomic E-state index is 0.263. The quantitative estimate of drug-likeness (QED) is 0.511. The number of rotatable bonds is 6. The van der Waals surface area contributed by atoms with Crippen LogP contribution in [-0.2, 0) is 6.42 Å². The van der Waals surface area contributed by atoms with Crippen molar-refractivity contribution in [3.63, 3.8) is 0 Å². The van der Waals surface area contributed by atoms with Crippen LogP contribution in [0.15, 0.2) is 41.1 Å². The lowest BCUT2D eigenvalue weighted by Gasteiger charge is -2.28. The summed E-state index contributed by atoms with van der Waals surface area (Å²) in [5, 5.41) is 0.836. The monoisotopic (exact) mass is 473 g/mol. The topological polar surface area (TPSA) is 47.5 Å². The zero-order chi connectivity index (χ0) is 21.1. The first-order chi connectivity index (χ1) is 14.5. The first kappa shape index (κ1) is 21.0. The fourth-order valence-electron chi connectivity index (χ4n) is 3.81. The number of ether oxygens (including phenoxy) is 2. The number of halogens is 2. The second-order valence-corrected chi connectivity index (χ2v) is 8.73. The number of fused-ring (bicyclic) bond motifs is 1. The van der Waals surface area contributed by atoms with Crippen molar-refractivity contribution >= 4 is 26.8 Å². The Kier molecular flexibility index (Phi) is 6.49. The molecule has 0 spiro atoms. The van der Waals surface area contributed by atoms with Crippen molar-refractivity contribution in [1.82, 2.24) is 14.9 Å². The highest BCUT2D eigenvalue weighted by atomic mass is 79.9. The van der Waals surface area contributed by atoms with Gasteiger partial charge >= 0.3 is 0 Å². The van der Waals surface area contributed by atoms with Gasteiger partial charge in [-0.2, -0.15) is 0 Å². The Morgan fingerprint density at radius 2 is 1.93 bits per heavy atom. The highest BCUT2D eigenvalue weighted by Gasteiger charge is 2.19. The molecule has 5 nitrogen and oxygen atoms in total. The van der Waals surface area contributed by atoms with Crippen molar-refractivity contribution in [3.05, 3.63) is 58.2 Å². The SMILES string of the molecule is COc1cc2c(Cc3ccc(Br)cc3F)ncnc2cc1OCC1CCN(C)CC1. The second kappa shape index (κ2) is 9.27. The lowest BCUT2D eigenvalue weighted by molar-refractivity contribution is 0.157. The summed E-state index contributed by atoms with van der Waals surface area (Å²) in [5.74, 6) is 1.61. The lowest BCUT2D eigenvalue weighted by Crippen LogP contribution is -2.32. The van der Waals surface area contributed by atoms with Gasteiger partial charge in [-0.15, -0.1) is 0 Å². The number of hydrogen-bond donors (Lipinski definition) is 0. The van der Waals surface area contributed by atoms with Gasteiger partial charge in [0.2, 0.25) is 0 Å². The Bertz CT molecular complexity index is 1040. The van der Waals surface area contributed by atoms with Crippen molar-refractivity contribution in [2.75, 3.05) is 33.9 Å². The summed E-state index contributed by atoms with van der Waals surface area (Å²) in [6.07, 6.45) is 4.16. The van der Waals surface area contributed by atoms with Crippen molar-refractivity contribution in [1.29, 1.82) is 0 Å². The molecule has 1 aliphatic rings. The van der Waals surface area contributed by atoms with E-state index in [0.29, 0.717) is 40.5 Å². The standard InChI is InChI=1S/C23H25BrFN3O2/c1-28-7-5-15(6-8-28)13-30-23-12-21-18(11-22(23)29-2)20(26-14-27-21)9-16-3-4-17(24)10-19(16)25/h3-4,10-12,14-15H,5-9,13H2,1-2H3. The van der Waals surface area contributed by atoms with Gasteiger partial charge in [-0.25, -0.2) is 14.4 Å². The predicted molar refractivity (Wildman–Crippen MR) is 119 cm³/mol. The zero-order valence-electron chi connectivity index (χ0n) is 17.2. The van der Waals surface area contributed by atoms with E-state index in [1.807, 2.05) is 18.2 Å². The average Bonchev–Trinajstić information content (AvgIpc) is 2.75. The maximum Gasteiger partial charge on any atom is 0.163 e. The normalized spacial score (nSPS) is 15.5. The molecule has 7 heteroatoms. The van der Waals surface area contributed by atoms with E-state index in [-0.39, 0.29) is 5.82 Å². The van der Waals surface area contributed by atoms with E-state index in [1.165, 1.54) is 12.4 Å². The molecule has 0 radical (unpaired) electrons. The van der Waals surface area contributed by atoms with Gasteiger partial charge in [-0.1, -0.05) is 22.0 Å². The molecule has 0 bridgehead atoms. The summed E-state index contributed by atoms with van der Waals surface area (Å²) in [4.78, 5) is 11.2. The summed E-state index contributed by atoms with van der Waals surface area (Å²) in [6, 6.07) is 8.85. The van der Waals surface area contributed by atoms with E-state index in [4.69, 9.17) is 9.47 Å². The van der Waals surface area contributed by atoms with Gasteiger partial charge in [0.25, 0.3) is 0 Å². The van der Waals surface area contributed by atoms with E-state index < -0.39 is 0 Å². The maximum absolute atomic E-state index is 14.3. The van der Waals surface area contributed by atoms with Crippen LogP contribution in [0.1, 0.15) is 24.1 Å². The molecule has 0 saturated carbocycles. The second-order valence-electron chi connectivity index (χ2n) is 7.81.